The Hall–Kier alpha value is -0.940. The zero-order chi connectivity index (χ0) is 11.5. The highest BCUT2D eigenvalue weighted by atomic mass is 19.4. The fourth-order valence-corrected chi connectivity index (χ4v) is 1.60. The highest BCUT2D eigenvalue weighted by Gasteiger charge is 2.32. The first-order chi connectivity index (χ1) is 6.90. The number of amides is 1. The van der Waals surface area contributed by atoms with Crippen molar-refractivity contribution in [3.05, 3.63) is 0 Å². The second-order valence-electron chi connectivity index (χ2n) is 3.71. The molecule has 1 unspecified atom stereocenters. The molecule has 0 N–H and O–H groups in total. The van der Waals surface area contributed by atoms with Crippen LogP contribution < -0.4 is 0 Å². The monoisotopic (exact) mass is 225 g/mol. The van der Waals surface area contributed by atoms with E-state index < -0.39 is 18.9 Å². The molecule has 88 valence electrons. The van der Waals surface area contributed by atoms with Crippen LogP contribution >= 0.6 is 0 Å². The van der Waals surface area contributed by atoms with Gasteiger partial charge in [0, 0.05) is 12.6 Å². The first-order valence-electron chi connectivity index (χ1n) is 4.90. The minimum Gasteiger partial charge on any atom is -0.440 e. The topological polar surface area (TPSA) is 29.5 Å². The van der Waals surface area contributed by atoms with Crippen LogP contribution in [0.4, 0.5) is 18.0 Å². The van der Waals surface area contributed by atoms with Crippen LogP contribution in [0.3, 0.4) is 0 Å². The Labute approximate surface area is 86.2 Å². The number of halogens is 3. The number of hydrogen-bond donors (Lipinski definition) is 0. The second kappa shape index (κ2) is 4.72. The third-order valence-electron chi connectivity index (χ3n) is 2.40. The van der Waals surface area contributed by atoms with E-state index >= 15 is 0 Å². The van der Waals surface area contributed by atoms with Crippen molar-refractivity contribution in [1.82, 2.24) is 4.90 Å². The summed E-state index contributed by atoms with van der Waals surface area (Å²) in [5.41, 5.74) is 0. The van der Waals surface area contributed by atoms with Crippen molar-refractivity contribution in [1.29, 1.82) is 0 Å². The fraction of sp³-hybridized carbons (Fsp3) is 0.889. The Balaban J connectivity index is 2.39. The van der Waals surface area contributed by atoms with Gasteiger partial charge in [0.1, 0.15) is 0 Å². The number of ether oxygens (including phenoxy) is 1. The van der Waals surface area contributed by atoms with Crippen LogP contribution in [0.2, 0.25) is 0 Å². The molecule has 0 aromatic heterocycles. The maximum Gasteiger partial charge on any atom is 0.422 e. The molecule has 1 saturated heterocycles. The summed E-state index contributed by atoms with van der Waals surface area (Å²) in [5.74, 6) is 0. The third-order valence-corrected chi connectivity index (χ3v) is 2.40. The summed E-state index contributed by atoms with van der Waals surface area (Å²) in [6.07, 6.45) is -2.66. The van der Waals surface area contributed by atoms with Crippen molar-refractivity contribution in [2.75, 3.05) is 13.2 Å². The van der Waals surface area contributed by atoms with Crippen molar-refractivity contribution in [2.24, 2.45) is 0 Å². The Morgan fingerprint density at radius 3 is 2.67 bits per heavy atom. The maximum absolute atomic E-state index is 11.8. The summed E-state index contributed by atoms with van der Waals surface area (Å²) in [6.45, 7) is 0.793. The zero-order valence-electron chi connectivity index (χ0n) is 8.51. The number of alkyl halides is 3. The van der Waals surface area contributed by atoms with Crippen LogP contribution in [0.15, 0.2) is 0 Å². The molecule has 0 aromatic carbocycles. The third kappa shape index (κ3) is 3.97. The molecule has 6 heteroatoms. The molecule has 15 heavy (non-hydrogen) atoms. The lowest BCUT2D eigenvalue weighted by molar-refractivity contribution is -0.163. The van der Waals surface area contributed by atoms with Gasteiger partial charge < -0.3 is 9.64 Å². The molecule has 0 radical (unpaired) electrons. The SMILES string of the molecule is CC1CCCCN1C(=O)OCC(F)(F)F. The summed E-state index contributed by atoms with van der Waals surface area (Å²) in [4.78, 5) is 12.6. The highest BCUT2D eigenvalue weighted by molar-refractivity contribution is 5.68. The van der Waals surface area contributed by atoms with Gasteiger partial charge in [-0.15, -0.1) is 0 Å². The number of hydrogen-bond acceptors (Lipinski definition) is 2. The number of likely N-dealkylation sites (tertiary alicyclic amines) is 1. The van der Waals surface area contributed by atoms with Crippen molar-refractivity contribution >= 4 is 6.09 Å². The van der Waals surface area contributed by atoms with E-state index in [2.05, 4.69) is 4.74 Å². The average molecular weight is 225 g/mol. The summed E-state index contributed by atoms with van der Waals surface area (Å²) in [7, 11) is 0. The molecule has 1 amide bonds. The van der Waals surface area contributed by atoms with Crippen LogP contribution in [-0.4, -0.2) is 36.4 Å². The molecule has 1 aliphatic heterocycles. The van der Waals surface area contributed by atoms with E-state index in [0.717, 1.165) is 19.3 Å². The lowest BCUT2D eigenvalue weighted by Gasteiger charge is -2.32. The Kier molecular flexibility index (Phi) is 3.82. The minimum absolute atomic E-state index is 0.0283. The van der Waals surface area contributed by atoms with Gasteiger partial charge in [-0.2, -0.15) is 13.2 Å². The molecule has 1 rings (SSSR count). The molecule has 0 bridgehead atoms. The first-order valence-corrected chi connectivity index (χ1v) is 4.90. The first kappa shape index (κ1) is 12.1. The van der Waals surface area contributed by atoms with E-state index in [1.807, 2.05) is 6.92 Å². The summed E-state index contributed by atoms with van der Waals surface area (Å²) >= 11 is 0. The van der Waals surface area contributed by atoms with Gasteiger partial charge >= 0.3 is 12.3 Å². The Morgan fingerprint density at radius 1 is 1.47 bits per heavy atom. The van der Waals surface area contributed by atoms with Crippen molar-refractivity contribution < 1.29 is 22.7 Å². The minimum atomic E-state index is -4.45. The fourth-order valence-electron chi connectivity index (χ4n) is 1.60. The normalized spacial score (nSPS) is 22.7. The molecule has 3 nitrogen and oxygen atoms in total. The van der Waals surface area contributed by atoms with E-state index in [1.165, 1.54) is 4.90 Å². The van der Waals surface area contributed by atoms with Gasteiger partial charge in [0.2, 0.25) is 0 Å². The molecule has 0 aliphatic carbocycles. The van der Waals surface area contributed by atoms with E-state index in [4.69, 9.17) is 0 Å². The van der Waals surface area contributed by atoms with E-state index in [1.54, 1.807) is 0 Å². The molecule has 1 fully saturated rings. The molecule has 0 saturated carbocycles. The summed E-state index contributed by atoms with van der Waals surface area (Å²) in [5, 5.41) is 0. The molecule has 0 spiro atoms. The average Bonchev–Trinajstić information content (AvgIpc) is 2.14. The van der Waals surface area contributed by atoms with Gasteiger partial charge in [0.05, 0.1) is 0 Å². The van der Waals surface area contributed by atoms with Crippen LogP contribution in [0.5, 0.6) is 0 Å². The number of nitrogens with zero attached hydrogens (tertiary/aromatic N) is 1. The summed E-state index contributed by atoms with van der Waals surface area (Å²) in [6, 6.07) is -0.0283. The van der Waals surface area contributed by atoms with Gasteiger partial charge in [-0.05, 0) is 26.2 Å². The Bertz CT molecular complexity index is 230. The molecule has 1 atom stereocenters. The second-order valence-corrected chi connectivity index (χ2v) is 3.71. The molecular weight excluding hydrogens is 211 g/mol. The molecule has 1 heterocycles. The van der Waals surface area contributed by atoms with E-state index in [9.17, 15) is 18.0 Å². The smallest absolute Gasteiger partial charge is 0.422 e. The van der Waals surface area contributed by atoms with Crippen LogP contribution in [0.1, 0.15) is 26.2 Å². The lowest BCUT2D eigenvalue weighted by Crippen LogP contribution is -2.43. The van der Waals surface area contributed by atoms with Gasteiger partial charge in [-0.3, -0.25) is 0 Å². The van der Waals surface area contributed by atoms with Crippen LogP contribution in [-0.2, 0) is 4.74 Å². The van der Waals surface area contributed by atoms with Gasteiger partial charge in [0.25, 0.3) is 0 Å². The molecule has 0 aromatic rings. The zero-order valence-corrected chi connectivity index (χ0v) is 8.51. The number of carbonyl (C=O) groups is 1. The number of piperidine rings is 1. The van der Waals surface area contributed by atoms with E-state index in [0.29, 0.717) is 6.54 Å². The van der Waals surface area contributed by atoms with Gasteiger partial charge in [-0.25, -0.2) is 4.79 Å². The van der Waals surface area contributed by atoms with Gasteiger partial charge in [0.15, 0.2) is 6.61 Å². The molecular formula is C9H14F3NO2. The highest BCUT2D eigenvalue weighted by Crippen LogP contribution is 2.19. The number of rotatable bonds is 1. The molecule has 1 aliphatic rings. The standard InChI is InChI=1S/C9H14F3NO2/c1-7-4-2-3-5-13(7)8(14)15-6-9(10,11)12/h7H,2-6H2,1H3. The van der Waals surface area contributed by atoms with Crippen LogP contribution in [0, 0.1) is 0 Å². The predicted octanol–water partition coefficient (Wildman–Crippen LogP) is 2.56. The predicted molar refractivity (Wildman–Crippen MR) is 47.4 cm³/mol. The van der Waals surface area contributed by atoms with Crippen molar-refractivity contribution in [3.8, 4) is 0 Å². The largest absolute Gasteiger partial charge is 0.440 e. The summed E-state index contributed by atoms with van der Waals surface area (Å²) < 4.78 is 39.5. The maximum atomic E-state index is 11.8. The van der Waals surface area contributed by atoms with Crippen LogP contribution in [0.25, 0.3) is 0 Å². The van der Waals surface area contributed by atoms with Gasteiger partial charge in [-0.1, -0.05) is 0 Å². The lowest BCUT2D eigenvalue weighted by atomic mass is 10.0. The van der Waals surface area contributed by atoms with E-state index in [-0.39, 0.29) is 6.04 Å². The van der Waals surface area contributed by atoms with Crippen molar-refractivity contribution in [3.63, 3.8) is 0 Å². The quantitative estimate of drug-likeness (QED) is 0.686. The van der Waals surface area contributed by atoms with Crippen molar-refractivity contribution in [2.45, 2.75) is 38.4 Å². The Morgan fingerprint density at radius 2 is 2.13 bits per heavy atom. The number of carbonyl (C=O) groups excluding carboxylic acids is 1.